The normalized spacial score (nSPS) is 17.9. The van der Waals surface area contributed by atoms with Gasteiger partial charge in [-0.15, -0.1) is 0 Å². The molecule has 6 nitrogen and oxygen atoms in total. The van der Waals surface area contributed by atoms with E-state index in [-0.39, 0.29) is 11.8 Å². The molecule has 20 heavy (non-hydrogen) atoms. The summed E-state index contributed by atoms with van der Waals surface area (Å²) in [6.45, 7) is 0.550. The standard InChI is InChI=1S/C14H19N3O3/c1-16-13(18)10-6-4-8-17(10)14(19)12-9(15)5-3-7-11(12)20-2/h3,5,7,10H,4,6,8,15H2,1-2H3,(H,16,18). The predicted octanol–water partition coefficient (Wildman–Crippen LogP) is 0.628. The first-order valence-electron chi connectivity index (χ1n) is 6.55. The Labute approximate surface area is 117 Å². The number of nitrogens with zero attached hydrogens (tertiary/aromatic N) is 1. The molecule has 0 saturated carbocycles. The summed E-state index contributed by atoms with van der Waals surface area (Å²) in [4.78, 5) is 26.1. The molecule has 1 saturated heterocycles. The molecule has 0 radical (unpaired) electrons. The van der Waals surface area contributed by atoms with E-state index < -0.39 is 6.04 Å². The van der Waals surface area contributed by atoms with Crippen LogP contribution in [0.5, 0.6) is 5.75 Å². The summed E-state index contributed by atoms with van der Waals surface area (Å²) in [5.41, 5.74) is 6.57. The number of carbonyl (C=O) groups excluding carboxylic acids is 2. The maximum atomic E-state index is 12.7. The third-order valence-electron chi connectivity index (χ3n) is 3.55. The lowest BCUT2D eigenvalue weighted by Crippen LogP contribution is -2.45. The van der Waals surface area contributed by atoms with Gasteiger partial charge in [-0.25, -0.2) is 0 Å². The van der Waals surface area contributed by atoms with Crippen LogP contribution in [-0.4, -0.2) is 43.5 Å². The molecule has 2 amide bonds. The summed E-state index contributed by atoms with van der Waals surface area (Å²) in [6.07, 6.45) is 1.47. The molecule has 0 spiro atoms. The van der Waals surface area contributed by atoms with E-state index >= 15 is 0 Å². The maximum absolute atomic E-state index is 12.7. The van der Waals surface area contributed by atoms with Gasteiger partial charge in [0, 0.05) is 19.3 Å². The molecule has 1 fully saturated rings. The van der Waals surface area contributed by atoms with E-state index in [4.69, 9.17) is 10.5 Å². The Kier molecular flexibility index (Phi) is 4.12. The van der Waals surface area contributed by atoms with Crippen LogP contribution in [0, 0.1) is 0 Å². The van der Waals surface area contributed by atoms with Gasteiger partial charge in [-0.2, -0.15) is 0 Å². The molecule has 1 aliphatic heterocycles. The van der Waals surface area contributed by atoms with Gasteiger partial charge >= 0.3 is 0 Å². The van der Waals surface area contributed by atoms with Crippen molar-refractivity contribution < 1.29 is 14.3 Å². The fourth-order valence-electron chi connectivity index (χ4n) is 2.54. The SMILES string of the molecule is CNC(=O)C1CCCN1C(=O)c1c(N)cccc1OC. The van der Waals surface area contributed by atoms with Gasteiger partial charge in [0.25, 0.3) is 5.91 Å². The first-order valence-corrected chi connectivity index (χ1v) is 6.55. The smallest absolute Gasteiger partial charge is 0.260 e. The van der Waals surface area contributed by atoms with Crippen LogP contribution in [0.1, 0.15) is 23.2 Å². The number of likely N-dealkylation sites (N-methyl/N-ethyl adjacent to an activating group) is 1. The maximum Gasteiger partial charge on any atom is 0.260 e. The number of rotatable bonds is 3. The number of hydrogen-bond donors (Lipinski definition) is 2. The lowest BCUT2D eigenvalue weighted by Gasteiger charge is -2.24. The zero-order valence-electron chi connectivity index (χ0n) is 11.7. The average Bonchev–Trinajstić information content (AvgIpc) is 2.94. The molecule has 3 N–H and O–H groups in total. The molecule has 1 unspecified atom stereocenters. The Balaban J connectivity index is 2.34. The summed E-state index contributed by atoms with van der Waals surface area (Å²) in [5.74, 6) is 0.0212. The Morgan fingerprint density at radius 1 is 1.45 bits per heavy atom. The molecule has 0 aromatic heterocycles. The van der Waals surface area contributed by atoms with E-state index in [1.54, 1.807) is 30.1 Å². The van der Waals surface area contributed by atoms with Crippen LogP contribution >= 0.6 is 0 Å². The summed E-state index contributed by atoms with van der Waals surface area (Å²) >= 11 is 0. The van der Waals surface area contributed by atoms with Gasteiger partial charge in [-0.05, 0) is 25.0 Å². The lowest BCUT2D eigenvalue weighted by atomic mass is 10.1. The zero-order valence-corrected chi connectivity index (χ0v) is 11.7. The molecule has 1 heterocycles. The van der Waals surface area contributed by atoms with Gasteiger partial charge in [0.2, 0.25) is 5.91 Å². The summed E-state index contributed by atoms with van der Waals surface area (Å²) in [6, 6.07) is 4.64. The number of nitrogen functional groups attached to an aromatic ring is 1. The first-order chi connectivity index (χ1) is 9.60. The van der Waals surface area contributed by atoms with Crippen molar-refractivity contribution in [1.29, 1.82) is 0 Å². The Hall–Kier alpha value is -2.24. The van der Waals surface area contributed by atoms with Crippen molar-refractivity contribution >= 4 is 17.5 Å². The van der Waals surface area contributed by atoms with Crippen LogP contribution in [0.15, 0.2) is 18.2 Å². The van der Waals surface area contributed by atoms with Crippen molar-refractivity contribution in [3.8, 4) is 5.75 Å². The van der Waals surface area contributed by atoms with Gasteiger partial charge in [-0.1, -0.05) is 6.07 Å². The van der Waals surface area contributed by atoms with Crippen LogP contribution in [0.4, 0.5) is 5.69 Å². The van der Waals surface area contributed by atoms with Crippen LogP contribution in [0.25, 0.3) is 0 Å². The number of amides is 2. The number of likely N-dealkylation sites (tertiary alicyclic amines) is 1. The predicted molar refractivity (Wildman–Crippen MR) is 75.5 cm³/mol. The quantitative estimate of drug-likeness (QED) is 0.794. The fraction of sp³-hybridized carbons (Fsp3) is 0.429. The highest BCUT2D eigenvalue weighted by molar-refractivity contribution is 6.04. The van der Waals surface area contributed by atoms with E-state index in [9.17, 15) is 9.59 Å². The fourth-order valence-corrected chi connectivity index (χ4v) is 2.54. The first kappa shape index (κ1) is 14.2. The summed E-state index contributed by atoms with van der Waals surface area (Å²) in [7, 11) is 3.06. The van der Waals surface area contributed by atoms with E-state index in [1.807, 2.05) is 0 Å². The highest BCUT2D eigenvalue weighted by atomic mass is 16.5. The molecular weight excluding hydrogens is 258 g/mol. The number of nitrogens with one attached hydrogen (secondary N) is 1. The number of nitrogens with two attached hydrogens (primary N) is 1. The van der Waals surface area contributed by atoms with Crippen molar-refractivity contribution in [1.82, 2.24) is 10.2 Å². The number of hydrogen-bond acceptors (Lipinski definition) is 4. The van der Waals surface area contributed by atoms with Gasteiger partial charge in [0.05, 0.1) is 7.11 Å². The number of anilines is 1. The van der Waals surface area contributed by atoms with Crippen LogP contribution < -0.4 is 15.8 Å². The van der Waals surface area contributed by atoms with Crippen LogP contribution in [0.2, 0.25) is 0 Å². The number of ether oxygens (including phenoxy) is 1. The van der Waals surface area contributed by atoms with Crippen molar-refractivity contribution in [3.63, 3.8) is 0 Å². The van der Waals surface area contributed by atoms with Crippen molar-refractivity contribution in [2.45, 2.75) is 18.9 Å². The average molecular weight is 277 g/mol. The van der Waals surface area contributed by atoms with Crippen LogP contribution in [-0.2, 0) is 4.79 Å². The van der Waals surface area contributed by atoms with Crippen molar-refractivity contribution in [3.05, 3.63) is 23.8 Å². The zero-order chi connectivity index (χ0) is 14.7. The highest BCUT2D eigenvalue weighted by Gasteiger charge is 2.35. The largest absolute Gasteiger partial charge is 0.496 e. The number of methoxy groups -OCH3 is 1. The number of carbonyl (C=O) groups is 2. The van der Waals surface area contributed by atoms with E-state index in [0.29, 0.717) is 30.0 Å². The van der Waals surface area contributed by atoms with E-state index in [0.717, 1.165) is 6.42 Å². The molecule has 0 bridgehead atoms. The monoisotopic (exact) mass is 277 g/mol. The lowest BCUT2D eigenvalue weighted by molar-refractivity contribution is -0.124. The Morgan fingerprint density at radius 3 is 2.85 bits per heavy atom. The molecule has 6 heteroatoms. The second kappa shape index (κ2) is 5.81. The van der Waals surface area contributed by atoms with Gasteiger partial charge in [0.1, 0.15) is 17.4 Å². The summed E-state index contributed by atoms with van der Waals surface area (Å²) in [5, 5.41) is 2.59. The number of benzene rings is 1. The minimum Gasteiger partial charge on any atom is -0.496 e. The minimum absolute atomic E-state index is 0.149. The summed E-state index contributed by atoms with van der Waals surface area (Å²) < 4.78 is 5.20. The molecular formula is C14H19N3O3. The minimum atomic E-state index is -0.434. The van der Waals surface area contributed by atoms with E-state index in [2.05, 4.69) is 5.32 Å². The topological polar surface area (TPSA) is 84.7 Å². The van der Waals surface area contributed by atoms with Gasteiger partial charge < -0.3 is 20.7 Å². The van der Waals surface area contributed by atoms with Crippen molar-refractivity contribution in [2.75, 3.05) is 26.4 Å². The highest BCUT2D eigenvalue weighted by Crippen LogP contribution is 2.29. The Morgan fingerprint density at radius 2 is 2.20 bits per heavy atom. The molecule has 1 aliphatic rings. The molecule has 108 valence electrons. The Bertz CT molecular complexity index is 530. The molecule has 0 aliphatic carbocycles. The molecule has 2 rings (SSSR count). The molecule has 1 aromatic rings. The third kappa shape index (κ3) is 2.41. The van der Waals surface area contributed by atoms with Gasteiger partial charge in [0.15, 0.2) is 0 Å². The second-order valence-corrected chi connectivity index (χ2v) is 4.70. The van der Waals surface area contributed by atoms with E-state index in [1.165, 1.54) is 7.11 Å². The van der Waals surface area contributed by atoms with Crippen LogP contribution in [0.3, 0.4) is 0 Å². The van der Waals surface area contributed by atoms with Gasteiger partial charge in [-0.3, -0.25) is 9.59 Å². The molecule has 1 aromatic carbocycles. The third-order valence-corrected chi connectivity index (χ3v) is 3.55. The second-order valence-electron chi connectivity index (χ2n) is 4.70. The molecule has 1 atom stereocenters. The van der Waals surface area contributed by atoms with Crippen molar-refractivity contribution in [2.24, 2.45) is 0 Å².